The lowest BCUT2D eigenvalue weighted by Crippen LogP contribution is -2.13. The second-order valence-corrected chi connectivity index (χ2v) is 6.95. The third kappa shape index (κ3) is 5.58. The molecule has 28 heavy (non-hydrogen) atoms. The first-order valence-corrected chi connectivity index (χ1v) is 9.32. The van der Waals surface area contributed by atoms with Crippen LogP contribution >= 0.6 is 0 Å². The molecule has 144 valence electrons. The molecule has 0 fully saturated rings. The molecule has 0 saturated heterocycles. The van der Waals surface area contributed by atoms with E-state index in [1.54, 1.807) is 18.5 Å². The van der Waals surface area contributed by atoms with Crippen LogP contribution in [0.2, 0.25) is 0 Å². The molecule has 0 saturated carbocycles. The van der Waals surface area contributed by atoms with Crippen molar-refractivity contribution in [3.8, 4) is 5.75 Å². The number of aromatic nitrogens is 1. The van der Waals surface area contributed by atoms with Gasteiger partial charge in [0.25, 0.3) is 5.91 Å². The molecule has 3 aromatic rings. The smallest absolute Gasteiger partial charge is 0.257 e. The molecule has 2 aromatic carbocycles. The van der Waals surface area contributed by atoms with Crippen molar-refractivity contribution in [2.75, 3.05) is 10.6 Å². The minimum atomic E-state index is -0.205. The van der Waals surface area contributed by atoms with Crippen LogP contribution in [-0.4, -0.2) is 17.0 Å². The van der Waals surface area contributed by atoms with Gasteiger partial charge in [-0.05, 0) is 56.7 Å². The number of nitrogens with one attached hydrogen (secondary N) is 2. The first-order valence-electron chi connectivity index (χ1n) is 9.32. The lowest BCUT2D eigenvalue weighted by atomic mass is 10.1. The number of rotatable bonds is 7. The van der Waals surface area contributed by atoms with E-state index < -0.39 is 0 Å². The van der Waals surface area contributed by atoms with Crippen LogP contribution in [0.15, 0.2) is 67.0 Å². The number of benzene rings is 2. The molecule has 0 radical (unpaired) electrons. The van der Waals surface area contributed by atoms with Crippen molar-refractivity contribution in [1.29, 1.82) is 0 Å². The number of ether oxygens (including phenoxy) is 1. The van der Waals surface area contributed by atoms with Crippen LogP contribution in [0.4, 0.5) is 11.4 Å². The normalized spacial score (nSPS) is 10.6. The van der Waals surface area contributed by atoms with Crippen LogP contribution < -0.4 is 15.4 Å². The highest BCUT2D eigenvalue weighted by Gasteiger charge is 2.08. The summed E-state index contributed by atoms with van der Waals surface area (Å²) in [6.07, 6.45) is 3.38. The molecule has 5 heteroatoms. The molecule has 1 heterocycles. The quantitative estimate of drug-likeness (QED) is 0.607. The van der Waals surface area contributed by atoms with Crippen molar-refractivity contribution < 1.29 is 9.53 Å². The molecule has 5 nitrogen and oxygen atoms in total. The zero-order chi connectivity index (χ0) is 19.9. The molecule has 0 aliphatic carbocycles. The Labute approximate surface area is 165 Å². The van der Waals surface area contributed by atoms with E-state index in [1.807, 2.05) is 38.1 Å². The number of aryl methyl sites for hydroxylation is 1. The van der Waals surface area contributed by atoms with E-state index in [0.29, 0.717) is 17.8 Å². The van der Waals surface area contributed by atoms with Gasteiger partial charge in [-0.15, -0.1) is 0 Å². The number of amides is 1. The van der Waals surface area contributed by atoms with Gasteiger partial charge in [-0.2, -0.15) is 0 Å². The highest BCUT2D eigenvalue weighted by atomic mass is 16.5. The van der Waals surface area contributed by atoms with Gasteiger partial charge in [0, 0.05) is 24.6 Å². The average Bonchev–Trinajstić information content (AvgIpc) is 2.69. The number of carbonyl (C=O) groups is 1. The summed E-state index contributed by atoms with van der Waals surface area (Å²) < 4.78 is 5.61. The van der Waals surface area contributed by atoms with E-state index in [-0.39, 0.29) is 12.0 Å². The molecule has 3 rings (SSSR count). The van der Waals surface area contributed by atoms with E-state index in [2.05, 4.69) is 46.8 Å². The van der Waals surface area contributed by atoms with Crippen LogP contribution in [0, 0.1) is 6.92 Å². The Kier molecular flexibility index (Phi) is 6.27. The zero-order valence-electron chi connectivity index (χ0n) is 16.4. The molecule has 0 aliphatic rings. The molecule has 1 amide bonds. The van der Waals surface area contributed by atoms with Crippen LogP contribution in [0.1, 0.15) is 35.3 Å². The molecule has 1 aromatic heterocycles. The van der Waals surface area contributed by atoms with Crippen molar-refractivity contribution in [3.05, 3.63) is 83.7 Å². The third-order valence-electron chi connectivity index (χ3n) is 4.10. The fraction of sp³-hybridized carbons (Fsp3) is 0.217. The summed E-state index contributed by atoms with van der Waals surface area (Å²) in [7, 11) is 0. The van der Waals surface area contributed by atoms with Gasteiger partial charge < -0.3 is 15.4 Å². The summed E-state index contributed by atoms with van der Waals surface area (Å²) >= 11 is 0. The number of pyridine rings is 1. The van der Waals surface area contributed by atoms with Gasteiger partial charge >= 0.3 is 0 Å². The summed E-state index contributed by atoms with van der Waals surface area (Å²) in [5, 5.41) is 6.19. The van der Waals surface area contributed by atoms with Crippen LogP contribution in [0.5, 0.6) is 5.75 Å². The van der Waals surface area contributed by atoms with Gasteiger partial charge in [0.2, 0.25) is 0 Å². The first kappa shape index (κ1) is 19.4. The van der Waals surface area contributed by atoms with Crippen LogP contribution in [-0.2, 0) is 6.54 Å². The van der Waals surface area contributed by atoms with Crippen molar-refractivity contribution in [1.82, 2.24) is 4.98 Å². The molecule has 0 spiro atoms. The van der Waals surface area contributed by atoms with E-state index in [9.17, 15) is 4.79 Å². The predicted molar refractivity (Wildman–Crippen MR) is 113 cm³/mol. The van der Waals surface area contributed by atoms with Gasteiger partial charge in [0.05, 0.1) is 17.4 Å². The van der Waals surface area contributed by atoms with Crippen LogP contribution in [0.25, 0.3) is 0 Å². The predicted octanol–water partition coefficient (Wildman–Crippen LogP) is 5.04. The monoisotopic (exact) mass is 375 g/mol. The molecule has 0 atom stereocenters. The van der Waals surface area contributed by atoms with Gasteiger partial charge in [-0.3, -0.25) is 9.78 Å². The van der Waals surface area contributed by atoms with E-state index >= 15 is 0 Å². The lowest BCUT2D eigenvalue weighted by molar-refractivity contribution is 0.102. The standard InChI is InChI=1S/C23H25N3O2/c1-16(2)28-22-10-8-20(9-11-22)26-23(27)19-12-21(15-24-14-19)25-13-18-6-4-17(3)5-7-18/h4-12,14-16,25H,13H2,1-3H3,(H,26,27). The Morgan fingerprint density at radius 2 is 1.71 bits per heavy atom. The fourth-order valence-corrected chi connectivity index (χ4v) is 2.66. The van der Waals surface area contributed by atoms with Crippen molar-refractivity contribution in [3.63, 3.8) is 0 Å². The minimum Gasteiger partial charge on any atom is -0.491 e. The maximum atomic E-state index is 12.5. The van der Waals surface area contributed by atoms with E-state index in [0.717, 1.165) is 11.4 Å². The fourth-order valence-electron chi connectivity index (χ4n) is 2.66. The number of anilines is 2. The maximum absolute atomic E-state index is 12.5. The average molecular weight is 375 g/mol. The highest BCUT2D eigenvalue weighted by molar-refractivity contribution is 6.04. The SMILES string of the molecule is Cc1ccc(CNc2cncc(C(=O)Nc3ccc(OC(C)C)cc3)c2)cc1. The first-order chi connectivity index (χ1) is 13.5. The zero-order valence-corrected chi connectivity index (χ0v) is 16.4. The largest absolute Gasteiger partial charge is 0.491 e. The Bertz CT molecular complexity index is 919. The second kappa shape index (κ2) is 9.04. The van der Waals surface area contributed by atoms with Crippen molar-refractivity contribution in [2.45, 2.75) is 33.4 Å². The molecular weight excluding hydrogens is 350 g/mol. The summed E-state index contributed by atoms with van der Waals surface area (Å²) in [6, 6.07) is 17.4. The Hall–Kier alpha value is -3.34. The second-order valence-electron chi connectivity index (χ2n) is 6.95. The highest BCUT2D eigenvalue weighted by Crippen LogP contribution is 2.18. The Morgan fingerprint density at radius 1 is 1.00 bits per heavy atom. The number of hydrogen-bond donors (Lipinski definition) is 2. The van der Waals surface area contributed by atoms with Crippen molar-refractivity contribution in [2.24, 2.45) is 0 Å². The lowest BCUT2D eigenvalue weighted by Gasteiger charge is -2.11. The molecule has 0 unspecified atom stereocenters. The Morgan fingerprint density at radius 3 is 2.39 bits per heavy atom. The molecule has 2 N–H and O–H groups in total. The summed E-state index contributed by atoms with van der Waals surface area (Å²) in [5.74, 6) is 0.570. The third-order valence-corrected chi connectivity index (χ3v) is 4.10. The molecule has 0 aliphatic heterocycles. The molecular formula is C23H25N3O2. The van der Waals surface area contributed by atoms with Crippen molar-refractivity contribution >= 4 is 17.3 Å². The van der Waals surface area contributed by atoms with Gasteiger partial charge in [-0.1, -0.05) is 29.8 Å². The van der Waals surface area contributed by atoms with Crippen LogP contribution in [0.3, 0.4) is 0 Å². The van der Waals surface area contributed by atoms with Gasteiger partial charge in [0.15, 0.2) is 0 Å². The summed E-state index contributed by atoms with van der Waals surface area (Å²) in [5.41, 5.74) is 4.40. The maximum Gasteiger partial charge on any atom is 0.257 e. The van der Waals surface area contributed by atoms with E-state index in [1.165, 1.54) is 11.1 Å². The topological polar surface area (TPSA) is 63.2 Å². The number of carbonyl (C=O) groups excluding carboxylic acids is 1. The summed E-state index contributed by atoms with van der Waals surface area (Å²) in [4.78, 5) is 16.7. The minimum absolute atomic E-state index is 0.113. The van der Waals surface area contributed by atoms with Gasteiger partial charge in [-0.25, -0.2) is 0 Å². The molecule has 0 bridgehead atoms. The number of hydrogen-bond acceptors (Lipinski definition) is 4. The van der Waals surface area contributed by atoms with E-state index in [4.69, 9.17) is 4.74 Å². The summed E-state index contributed by atoms with van der Waals surface area (Å²) in [6.45, 7) is 6.68. The number of nitrogens with zero attached hydrogens (tertiary/aromatic N) is 1. The van der Waals surface area contributed by atoms with Gasteiger partial charge in [0.1, 0.15) is 5.75 Å². The Balaban J connectivity index is 1.60.